The van der Waals surface area contributed by atoms with Crippen LogP contribution in [-0.4, -0.2) is 58.3 Å². The molecule has 0 radical (unpaired) electrons. The van der Waals surface area contributed by atoms with Crippen LogP contribution in [0.5, 0.6) is 0 Å². The fraction of sp³-hybridized carbons (Fsp3) is 0.500. The van der Waals surface area contributed by atoms with Crippen LogP contribution in [0.3, 0.4) is 0 Å². The van der Waals surface area contributed by atoms with E-state index in [1.54, 1.807) is 29.7 Å². The van der Waals surface area contributed by atoms with Crippen LogP contribution in [0.15, 0.2) is 12.5 Å². The van der Waals surface area contributed by atoms with Crippen molar-refractivity contribution in [1.29, 1.82) is 5.41 Å². The molecule has 0 aliphatic rings. The third-order valence-electron chi connectivity index (χ3n) is 4.77. The van der Waals surface area contributed by atoms with Crippen molar-refractivity contribution in [2.75, 3.05) is 19.6 Å². The molecule has 0 atom stereocenters. The maximum absolute atomic E-state index is 11.1. The van der Waals surface area contributed by atoms with Crippen molar-refractivity contribution in [3.05, 3.63) is 28.1 Å². The van der Waals surface area contributed by atoms with Gasteiger partial charge in [-0.1, -0.05) is 13.8 Å². The summed E-state index contributed by atoms with van der Waals surface area (Å²) in [6.07, 6.45) is 2.84. The van der Waals surface area contributed by atoms with Crippen molar-refractivity contribution < 1.29 is 4.92 Å². The standard InChI is InChI=1S/C16H23N9O2/c1-5-23(6-2)7-8-24-10-19-15-12(14(24)17)13(20-22(15)4)16-18-9-11(21(16)3)25(26)27/h9-10,17H,5-8H2,1-4H3. The summed E-state index contributed by atoms with van der Waals surface area (Å²) in [7, 11) is 3.30. The van der Waals surface area contributed by atoms with E-state index in [4.69, 9.17) is 5.41 Å². The van der Waals surface area contributed by atoms with Crippen LogP contribution in [-0.2, 0) is 20.6 Å². The molecule has 3 heterocycles. The van der Waals surface area contributed by atoms with Gasteiger partial charge in [-0.15, -0.1) is 0 Å². The minimum atomic E-state index is -0.494. The number of aryl methyl sites for hydroxylation is 1. The van der Waals surface area contributed by atoms with Crippen LogP contribution < -0.4 is 5.49 Å². The Labute approximate surface area is 155 Å². The van der Waals surface area contributed by atoms with Crippen molar-refractivity contribution in [3.63, 3.8) is 0 Å². The molecule has 0 unspecified atom stereocenters. The molecule has 3 rings (SSSR count). The number of fused-ring (bicyclic) bond motifs is 1. The van der Waals surface area contributed by atoms with Crippen LogP contribution in [0.2, 0.25) is 0 Å². The highest BCUT2D eigenvalue weighted by atomic mass is 16.6. The maximum atomic E-state index is 11.1. The van der Waals surface area contributed by atoms with Crippen LogP contribution >= 0.6 is 0 Å². The molecule has 1 N–H and O–H groups in total. The quantitative estimate of drug-likeness (QED) is 0.485. The first-order valence-electron chi connectivity index (χ1n) is 8.74. The molecule has 0 saturated carbocycles. The Hall–Kier alpha value is -3.08. The van der Waals surface area contributed by atoms with Gasteiger partial charge in [-0.2, -0.15) is 5.10 Å². The molecule has 11 heteroatoms. The summed E-state index contributed by atoms with van der Waals surface area (Å²) in [4.78, 5) is 21.5. The van der Waals surface area contributed by atoms with E-state index in [2.05, 4.69) is 33.8 Å². The average molecular weight is 373 g/mol. The monoisotopic (exact) mass is 373 g/mol. The van der Waals surface area contributed by atoms with Gasteiger partial charge in [0.25, 0.3) is 0 Å². The van der Waals surface area contributed by atoms with Gasteiger partial charge in [-0.25, -0.2) is 19.2 Å². The molecule has 0 amide bonds. The molecule has 0 aliphatic heterocycles. The minimum Gasteiger partial charge on any atom is -0.358 e. The lowest BCUT2D eigenvalue weighted by Crippen LogP contribution is -2.31. The number of rotatable bonds is 7. The molecule has 144 valence electrons. The first-order valence-corrected chi connectivity index (χ1v) is 8.74. The van der Waals surface area contributed by atoms with Gasteiger partial charge in [0.15, 0.2) is 11.3 Å². The first-order chi connectivity index (χ1) is 12.9. The summed E-state index contributed by atoms with van der Waals surface area (Å²) in [5.74, 6) is 0.206. The van der Waals surface area contributed by atoms with Crippen molar-refractivity contribution in [1.82, 2.24) is 33.8 Å². The third-order valence-corrected chi connectivity index (χ3v) is 4.77. The Kier molecular flexibility index (Phi) is 5.04. The fourth-order valence-electron chi connectivity index (χ4n) is 3.11. The topological polar surface area (TPSA) is 124 Å². The third kappa shape index (κ3) is 3.21. The van der Waals surface area contributed by atoms with E-state index in [1.165, 1.54) is 10.8 Å². The number of imidazole rings is 1. The predicted molar refractivity (Wildman–Crippen MR) is 99.0 cm³/mol. The number of nitrogens with zero attached hydrogens (tertiary/aromatic N) is 8. The summed E-state index contributed by atoms with van der Waals surface area (Å²) in [6.45, 7) is 7.51. The number of nitro groups is 1. The minimum absolute atomic E-state index is 0.131. The zero-order valence-corrected chi connectivity index (χ0v) is 15.9. The second-order valence-electron chi connectivity index (χ2n) is 6.24. The Morgan fingerprint density at radius 3 is 2.56 bits per heavy atom. The summed E-state index contributed by atoms with van der Waals surface area (Å²) in [5, 5.41) is 24.7. The number of hydrogen-bond donors (Lipinski definition) is 1. The van der Waals surface area contributed by atoms with E-state index in [0.717, 1.165) is 19.6 Å². The van der Waals surface area contributed by atoms with Gasteiger partial charge in [-0.05, 0) is 18.0 Å². The van der Waals surface area contributed by atoms with Crippen LogP contribution in [0.4, 0.5) is 5.82 Å². The molecule has 0 bridgehead atoms. The molecule has 11 nitrogen and oxygen atoms in total. The normalized spacial score (nSPS) is 11.6. The lowest BCUT2D eigenvalue weighted by molar-refractivity contribution is -0.391. The highest BCUT2D eigenvalue weighted by Crippen LogP contribution is 2.25. The van der Waals surface area contributed by atoms with Crippen LogP contribution in [0.1, 0.15) is 13.8 Å². The van der Waals surface area contributed by atoms with Crippen molar-refractivity contribution in [2.45, 2.75) is 20.4 Å². The van der Waals surface area contributed by atoms with Crippen molar-refractivity contribution in [2.24, 2.45) is 14.1 Å². The largest absolute Gasteiger partial charge is 0.358 e. The Balaban J connectivity index is 2.11. The first kappa shape index (κ1) is 18.7. The molecule has 0 aromatic carbocycles. The van der Waals surface area contributed by atoms with E-state index in [9.17, 15) is 10.1 Å². The average Bonchev–Trinajstić information content (AvgIpc) is 3.18. The Bertz CT molecular complexity index is 1040. The number of nitrogens with one attached hydrogen (secondary N) is 1. The summed E-state index contributed by atoms with van der Waals surface area (Å²) < 4.78 is 4.70. The SMILES string of the molecule is CCN(CC)CCn1cnc2c(c(-c3ncc([N+](=O)[O-])n3C)nn2C)c1=N. The lowest BCUT2D eigenvalue weighted by Gasteiger charge is -2.18. The molecule has 0 fully saturated rings. The van der Waals surface area contributed by atoms with Gasteiger partial charge in [0, 0.05) is 20.1 Å². The molecule has 3 aromatic rings. The van der Waals surface area contributed by atoms with Gasteiger partial charge in [0.1, 0.15) is 11.7 Å². The van der Waals surface area contributed by atoms with E-state index >= 15 is 0 Å². The molecular formula is C16H23N9O2. The molecular weight excluding hydrogens is 350 g/mol. The second-order valence-corrected chi connectivity index (χ2v) is 6.24. The van der Waals surface area contributed by atoms with E-state index in [-0.39, 0.29) is 11.3 Å². The summed E-state index contributed by atoms with van der Waals surface area (Å²) in [6, 6.07) is 0. The molecule has 3 aromatic heterocycles. The van der Waals surface area contributed by atoms with Gasteiger partial charge in [0.2, 0.25) is 5.82 Å². The number of aromatic nitrogens is 6. The smallest absolute Gasteiger partial charge is 0.342 e. The highest BCUT2D eigenvalue weighted by Gasteiger charge is 2.25. The number of likely N-dealkylation sites (N-methyl/N-ethyl adjacent to an activating group) is 1. The van der Waals surface area contributed by atoms with Crippen LogP contribution in [0.25, 0.3) is 22.6 Å². The molecule has 0 saturated heterocycles. The van der Waals surface area contributed by atoms with E-state index in [1.807, 2.05) is 0 Å². The molecule has 27 heavy (non-hydrogen) atoms. The zero-order valence-electron chi connectivity index (χ0n) is 15.9. The van der Waals surface area contributed by atoms with Gasteiger partial charge in [-0.3, -0.25) is 5.41 Å². The van der Waals surface area contributed by atoms with Crippen molar-refractivity contribution in [3.8, 4) is 11.5 Å². The van der Waals surface area contributed by atoms with Gasteiger partial charge >= 0.3 is 5.82 Å². The lowest BCUT2D eigenvalue weighted by atomic mass is 10.2. The van der Waals surface area contributed by atoms with E-state index in [0.29, 0.717) is 29.1 Å². The maximum Gasteiger partial charge on any atom is 0.342 e. The van der Waals surface area contributed by atoms with E-state index < -0.39 is 4.92 Å². The zero-order chi connectivity index (χ0) is 19.7. The van der Waals surface area contributed by atoms with Crippen molar-refractivity contribution >= 4 is 16.9 Å². The van der Waals surface area contributed by atoms with Crippen LogP contribution in [0, 0.1) is 15.5 Å². The fourth-order valence-corrected chi connectivity index (χ4v) is 3.11. The number of hydrogen-bond acceptors (Lipinski definition) is 7. The molecule has 0 aliphatic carbocycles. The second kappa shape index (κ2) is 7.27. The Morgan fingerprint density at radius 2 is 1.96 bits per heavy atom. The molecule has 0 spiro atoms. The summed E-state index contributed by atoms with van der Waals surface area (Å²) in [5.41, 5.74) is 1.22. The Morgan fingerprint density at radius 1 is 1.26 bits per heavy atom. The summed E-state index contributed by atoms with van der Waals surface area (Å²) >= 11 is 0. The van der Waals surface area contributed by atoms with Gasteiger partial charge in [0.05, 0.1) is 18.8 Å². The van der Waals surface area contributed by atoms with Gasteiger partial charge < -0.3 is 19.6 Å². The highest BCUT2D eigenvalue weighted by molar-refractivity contribution is 5.88. The predicted octanol–water partition coefficient (Wildman–Crippen LogP) is 0.900.